The van der Waals surface area contributed by atoms with Crippen LogP contribution in [-0.2, 0) is 4.79 Å². The summed E-state index contributed by atoms with van der Waals surface area (Å²) in [6.45, 7) is 6.04. The number of hydrogen-bond donors (Lipinski definition) is 2. The number of hydrazone groups is 1. The average molecular weight is 405 g/mol. The van der Waals surface area contributed by atoms with Gasteiger partial charge in [-0.3, -0.25) is 4.79 Å². The molecule has 1 aliphatic carbocycles. The third-order valence-electron chi connectivity index (χ3n) is 3.95. The van der Waals surface area contributed by atoms with Crippen molar-refractivity contribution in [3.8, 4) is 0 Å². The molecule has 0 aromatic heterocycles. The quantitative estimate of drug-likeness (QED) is 0.545. The summed E-state index contributed by atoms with van der Waals surface area (Å²) in [6, 6.07) is 0. The number of carbonyl (C=O) groups excluding carboxylic acids is 1. The molecule has 2 rings (SSSR count). The van der Waals surface area contributed by atoms with Crippen molar-refractivity contribution in [3.63, 3.8) is 0 Å². The van der Waals surface area contributed by atoms with E-state index >= 15 is 0 Å². The molecule has 25 heavy (non-hydrogen) atoms. The van der Waals surface area contributed by atoms with Crippen LogP contribution in [0.25, 0.3) is 0 Å². The molecule has 0 unspecified atom stereocenters. The average Bonchev–Trinajstić information content (AvgIpc) is 3.31. The van der Waals surface area contributed by atoms with E-state index in [1.807, 2.05) is 39.2 Å². The highest BCUT2D eigenvalue weighted by Gasteiger charge is 2.46. The lowest BCUT2D eigenvalue weighted by molar-refractivity contribution is -0.118. The molecule has 5 nitrogen and oxygen atoms in total. The lowest BCUT2D eigenvalue weighted by atomic mass is 10.1. The van der Waals surface area contributed by atoms with Crippen LogP contribution in [0, 0.1) is 0 Å². The van der Waals surface area contributed by atoms with Crippen molar-refractivity contribution >= 4 is 28.1 Å². The summed E-state index contributed by atoms with van der Waals surface area (Å²) in [5.74, 6) is -0.144. The SMILES string of the molecule is C=C(/C=N\N(C)C)C1(NC(=O)/C2=C/C(C)=C/C(Br)=CC/C=C/N2)CC1. The molecule has 1 heterocycles. The van der Waals surface area contributed by atoms with Gasteiger partial charge in [-0.05, 0) is 55.7 Å². The molecule has 134 valence electrons. The summed E-state index contributed by atoms with van der Waals surface area (Å²) in [5, 5.41) is 12.1. The van der Waals surface area contributed by atoms with E-state index in [1.165, 1.54) is 0 Å². The highest BCUT2D eigenvalue weighted by Crippen LogP contribution is 2.41. The highest BCUT2D eigenvalue weighted by atomic mass is 79.9. The lowest BCUT2D eigenvalue weighted by Crippen LogP contribution is -2.41. The van der Waals surface area contributed by atoms with Gasteiger partial charge in [-0.15, -0.1) is 0 Å². The Morgan fingerprint density at radius 2 is 2.16 bits per heavy atom. The molecule has 0 spiro atoms. The summed E-state index contributed by atoms with van der Waals surface area (Å²) in [4.78, 5) is 12.8. The standard InChI is InChI=1S/C19H25BrN4O/c1-14-11-16(20)7-5-6-10-21-17(12-14)18(25)23-19(8-9-19)15(2)13-22-24(3)4/h6-7,10-13,21H,2,5,8-9H2,1,3-4H3,(H,23,25)/b10-6+,14-11+,16-7?,17-12-,22-13-. The molecule has 1 aliphatic heterocycles. The molecular weight excluding hydrogens is 380 g/mol. The first kappa shape index (κ1) is 19.2. The molecule has 0 radical (unpaired) electrons. The highest BCUT2D eigenvalue weighted by molar-refractivity contribution is 9.11. The Kier molecular flexibility index (Phi) is 6.42. The number of hydrogen-bond acceptors (Lipinski definition) is 4. The topological polar surface area (TPSA) is 56.7 Å². The van der Waals surface area contributed by atoms with Gasteiger partial charge in [0.05, 0.1) is 11.8 Å². The van der Waals surface area contributed by atoms with Crippen molar-refractivity contribution in [2.45, 2.75) is 31.7 Å². The molecule has 1 saturated carbocycles. The van der Waals surface area contributed by atoms with Crippen LogP contribution in [0.15, 0.2) is 63.5 Å². The number of rotatable bonds is 5. The van der Waals surface area contributed by atoms with Crippen molar-refractivity contribution in [2.24, 2.45) is 5.10 Å². The predicted molar refractivity (Wildman–Crippen MR) is 107 cm³/mol. The maximum atomic E-state index is 12.8. The normalized spacial score (nSPS) is 24.7. The van der Waals surface area contributed by atoms with Gasteiger partial charge in [-0.25, -0.2) is 0 Å². The molecule has 0 saturated heterocycles. The van der Waals surface area contributed by atoms with E-state index in [0.29, 0.717) is 5.70 Å². The number of nitrogens with zero attached hydrogens (tertiary/aromatic N) is 2. The number of carbonyl (C=O) groups is 1. The maximum absolute atomic E-state index is 12.8. The fourth-order valence-electron chi connectivity index (χ4n) is 2.36. The van der Waals surface area contributed by atoms with E-state index in [1.54, 1.807) is 17.4 Å². The summed E-state index contributed by atoms with van der Waals surface area (Å²) >= 11 is 3.51. The molecule has 0 aromatic carbocycles. The van der Waals surface area contributed by atoms with Crippen LogP contribution in [0.2, 0.25) is 0 Å². The van der Waals surface area contributed by atoms with Crippen molar-refractivity contribution < 1.29 is 4.79 Å². The molecule has 6 heteroatoms. The first-order valence-electron chi connectivity index (χ1n) is 8.23. The zero-order valence-electron chi connectivity index (χ0n) is 15.0. The summed E-state index contributed by atoms with van der Waals surface area (Å²) in [7, 11) is 3.70. The van der Waals surface area contributed by atoms with Gasteiger partial charge in [-0.2, -0.15) is 5.10 Å². The Morgan fingerprint density at radius 1 is 1.44 bits per heavy atom. The third-order valence-corrected chi connectivity index (χ3v) is 4.50. The van der Waals surface area contributed by atoms with Gasteiger partial charge < -0.3 is 15.6 Å². The van der Waals surface area contributed by atoms with Gasteiger partial charge in [0.25, 0.3) is 5.91 Å². The maximum Gasteiger partial charge on any atom is 0.268 e. The van der Waals surface area contributed by atoms with E-state index in [4.69, 9.17) is 0 Å². The van der Waals surface area contributed by atoms with Gasteiger partial charge in [0, 0.05) is 18.6 Å². The molecule has 1 amide bonds. The summed E-state index contributed by atoms with van der Waals surface area (Å²) in [6.07, 6.45) is 13.9. The minimum absolute atomic E-state index is 0.144. The second-order valence-electron chi connectivity index (χ2n) is 6.47. The van der Waals surface area contributed by atoms with Crippen molar-refractivity contribution in [2.75, 3.05) is 14.1 Å². The minimum Gasteiger partial charge on any atom is -0.358 e. The predicted octanol–water partition coefficient (Wildman–Crippen LogP) is 3.35. The monoisotopic (exact) mass is 404 g/mol. The van der Waals surface area contributed by atoms with Crippen LogP contribution in [0.4, 0.5) is 0 Å². The van der Waals surface area contributed by atoms with Gasteiger partial charge in [0.1, 0.15) is 5.70 Å². The largest absolute Gasteiger partial charge is 0.358 e. The molecule has 0 atom stereocenters. The van der Waals surface area contributed by atoms with Gasteiger partial charge >= 0.3 is 0 Å². The first-order chi connectivity index (χ1) is 11.8. The van der Waals surface area contributed by atoms with Crippen LogP contribution in [0.1, 0.15) is 26.2 Å². The summed E-state index contributed by atoms with van der Waals surface area (Å²) in [5.41, 5.74) is 1.93. The Labute approximate surface area is 158 Å². The second kappa shape index (κ2) is 8.34. The van der Waals surface area contributed by atoms with E-state index in [9.17, 15) is 4.79 Å². The van der Waals surface area contributed by atoms with E-state index in [2.05, 4.69) is 44.3 Å². The molecule has 0 bridgehead atoms. The van der Waals surface area contributed by atoms with Crippen molar-refractivity contribution in [3.05, 3.63) is 58.4 Å². The minimum atomic E-state index is -0.379. The Morgan fingerprint density at radius 3 is 2.80 bits per heavy atom. The van der Waals surface area contributed by atoms with Crippen LogP contribution < -0.4 is 10.6 Å². The molecule has 1 fully saturated rings. The molecular formula is C19H25BrN4O. The first-order valence-corrected chi connectivity index (χ1v) is 9.02. The zero-order chi connectivity index (χ0) is 18.4. The van der Waals surface area contributed by atoms with E-state index < -0.39 is 0 Å². The number of halogens is 1. The van der Waals surface area contributed by atoms with Crippen LogP contribution >= 0.6 is 15.9 Å². The van der Waals surface area contributed by atoms with Crippen LogP contribution in [0.3, 0.4) is 0 Å². The number of nitrogens with one attached hydrogen (secondary N) is 2. The van der Waals surface area contributed by atoms with Crippen LogP contribution in [0.5, 0.6) is 0 Å². The molecule has 2 aliphatic rings. The molecule has 0 aromatic rings. The number of amides is 1. The second-order valence-corrected chi connectivity index (χ2v) is 7.39. The molecule has 2 N–H and O–H groups in total. The Bertz CT molecular complexity index is 694. The van der Waals surface area contributed by atoms with E-state index in [0.717, 1.165) is 34.9 Å². The summed E-state index contributed by atoms with van der Waals surface area (Å²) < 4.78 is 1.000. The van der Waals surface area contributed by atoms with Gasteiger partial charge in [-0.1, -0.05) is 34.7 Å². The Hall–Kier alpha value is -2.08. The van der Waals surface area contributed by atoms with Crippen molar-refractivity contribution in [1.29, 1.82) is 0 Å². The van der Waals surface area contributed by atoms with Gasteiger partial charge in [0.15, 0.2) is 0 Å². The zero-order valence-corrected chi connectivity index (χ0v) is 16.6. The Balaban J connectivity index is 2.14. The van der Waals surface area contributed by atoms with Gasteiger partial charge in [0.2, 0.25) is 0 Å². The fraction of sp³-hybridized carbons (Fsp3) is 0.368. The lowest BCUT2D eigenvalue weighted by Gasteiger charge is -2.19. The fourth-order valence-corrected chi connectivity index (χ4v) is 2.91. The third kappa shape index (κ3) is 5.74. The van der Waals surface area contributed by atoms with E-state index in [-0.39, 0.29) is 11.4 Å². The number of allylic oxidation sites excluding steroid dienone is 6. The van der Waals surface area contributed by atoms with Crippen molar-refractivity contribution in [1.82, 2.24) is 15.6 Å². The van der Waals surface area contributed by atoms with Crippen LogP contribution in [-0.4, -0.2) is 36.8 Å². The smallest absolute Gasteiger partial charge is 0.268 e.